The molecule has 8 heteroatoms. The van der Waals surface area contributed by atoms with Crippen LogP contribution in [0.3, 0.4) is 0 Å². The Hall–Kier alpha value is -9.14. The molecule has 0 aromatic heterocycles. The molecule has 0 spiro atoms. The van der Waals surface area contributed by atoms with Gasteiger partial charge in [0.05, 0.1) is 39.2 Å². The molecule has 0 fully saturated rings. The van der Waals surface area contributed by atoms with Crippen LogP contribution in [0.5, 0.6) is 34.5 Å². The highest BCUT2D eigenvalue weighted by molar-refractivity contribution is 6.01. The fourth-order valence-corrected chi connectivity index (χ4v) is 10.6. The van der Waals surface area contributed by atoms with E-state index in [9.17, 15) is 0 Å². The Morgan fingerprint density at radius 2 is 0.649 bits per heavy atom. The van der Waals surface area contributed by atoms with Crippen LogP contribution in [0, 0.1) is 11.6 Å². The van der Waals surface area contributed by atoms with E-state index in [2.05, 4.69) is 60.7 Å². The molecule has 2 heterocycles. The van der Waals surface area contributed by atoms with Crippen LogP contribution in [0.25, 0.3) is 67.1 Å². The first kappa shape index (κ1) is 46.0. The van der Waals surface area contributed by atoms with Crippen LogP contribution >= 0.6 is 0 Å². The lowest BCUT2D eigenvalue weighted by Gasteiger charge is -2.37. The molecule has 2 aliphatic heterocycles. The van der Waals surface area contributed by atoms with Crippen LogP contribution in [0.4, 0.5) is 8.78 Å². The molecule has 0 aliphatic carbocycles. The minimum Gasteiger partial charge on any atom is -0.497 e. The highest BCUT2D eigenvalue weighted by Crippen LogP contribution is 2.51. The zero-order chi connectivity index (χ0) is 50.6. The van der Waals surface area contributed by atoms with Crippen molar-refractivity contribution in [3.8, 4) is 67.9 Å². The average Bonchev–Trinajstić information content (AvgIpc) is 3.46. The predicted molar refractivity (Wildman–Crippen MR) is 291 cm³/mol. The minimum absolute atomic E-state index is 0.368. The van der Waals surface area contributed by atoms with Crippen LogP contribution in [0.15, 0.2) is 206 Å². The standard InChI is InChI=1S/C66H48F2O6/c1-69-51-27-19-47(20-28-51)65(48-21-29-52(70-2)30-22-48)37-35-55-57(39-45-7-5-9-59(67)61(45)63(55)73-65)43-15-11-41(12-16-43)42-13-17-44(18-14-42)58-40-46-8-6-10-60(68)62(46)64-56(58)36-38-66(74-64,49-23-31-53(71-3)32-24-49)50-25-33-54(72-4)34-26-50/h5-40H,1-4H3. The summed E-state index contributed by atoms with van der Waals surface area (Å²) in [4.78, 5) is 0. The van der Waals surface area contributed by atoms with Gasteiger partial charge in [-0.05, 0) is 141 Å². The van der Waals surface area contributed by atoms with Crippen LogP contribution in [0.2, 0.25) is 0 Å². The fourth-order valence-electron chi connectivity index (χ4n) is 10.6. The lowest BCUT2D eigenvalue weighted by Crippen LogP contribution is -2.34. The Labute approximate surface area is 427 Å². The van der Waals surface area contributed by atoms with E-state index in [4.69, 9.17) is 28.4 Å². The molecule has 0 unspecified atom stereocenters. The summed E-state index contributed by atoms with van der Waals surface area (Å²) in [5.41, 5.74) is 8.51. The smallest absolute Gasteiger partial charge is 0.178 e. The highest BCUT2D eigenvalue weighted by atomic mass is 19.1. The lowest BCUT2D eigenvalue weighted by molar-refractivity contribution is 0.163. The van der Waals surface area contributed by atoms with E-state index in [0.29, 0.717) is 45.3 Å². The van der Waals surface area contributed by atoms with Gasteiger partial charge in [0, 0.05) is 33.4 Å². The molecule has 10 aromatic carbocycles. The van der Waals surface area contributed by atoms with Gasteiger partial charge in [0.15, 0.2) is 11.2 Å². The molecular weight excluding hydrogens is 927 g/mol. The third kappa shape index (κ3) is 7.69. The molecule has 0 bridgehead atoms. The van der Waals surface area contributed by atoms with Crippen LogP contribution in [-0.2, 0) is 11.2 Å². The Kier molecular flexibility index (Phi) is 11.5. The number of methoxy groups -OCH3 is 4. The van der Waals surface area contributed by atoms with Crippen molar-refractivity contribution >= 4 is 33.7 Å². The van der Waals surface area contributed by atoms with Crippen molar-refractivity contribution in [2.75, 3.05) is 28.4 Å². The Bertz CT molecular complexity index is 3460. The second kappa shape index (κ2) is 18.5. The van der Waals surface area contributed by atoms with Gasteiger partial charge in [-0.3, -0.25) is 0 Å². The maximum atomic E-state index is 16.1. The van der Waals surface area contributed by atoms with Gasteiger partial charge in [0.2, 0.25) is 0 Å². The summed E-state index contributed by atoms with van der Waals surface area (Å²) in [6, 6.07) is 62.2. The fraction of sp³-hybridized carbons (Fsp3) is 0.0909. The van der Waals surface area contributed by atoms with Gasteiger partial charge >= 0.3 is 0 Å². The molecule has 74 heavy (non-hydrogen) atoms. The molecule has 2 aliphatic rings. The average molecular weight is 975 g/mol. The Morgan fingerprint density at radius 3 is 0.946 bits per heavy atom. The Balaban J connectivity index is 0.909. The summed E-state index contributed by atoms with van der Waals surface area (Å²) >= 11 is 0. The van der Waals surface area contributed by atoms with Gasteiger partial charge in [-0.15, -0.1) is 0 Å². The number of hydrogen-bond acceptors (Lipinski definition) is 6. The van der Waals surface area contributed by atoms with E-state index in [1.807, 2.05) is 133 Å². The van der Waals surface area contributed by atoms with E-state index < -0.39 is 11.2 Å². The molecular formula is C66H48F2O6. The minimum atomic E-state index is -1.10. The summed E-state index contributed by atoms with van der Waals surface area (Å²) in [6.45, 7) is 0. The van der Waals surface area contributed by atoms with E-state index >= 15 is 8.78 Å². The van der Waals surface area contributed by atoms with E-state index in [0.717, 1.165) is 77.5 Å². The number of halogens is 2. The van der Waals surface area contributed by atoms with Crippen molar-refractivity contribution in [2.24, 2.45) is 0 Å². The van der Waals surface area contributed by atoms with E-state index in [1.54, 1.807) is 40.6 Å². The number of fused-ring (bicyclic) bond motifs is 6. The molecule has 12 rings (SSSR count). The molecule has 0 N–H and O–H groups in total. The molecule has 0 atom stereocenters. The predicted octanol–water partition coefficient (Wildman–Crippen LogP) is 16.0. The monoisotopic (exact) mass is 974 g/mol. The van der Waals surface area contributed by atoms with E-state index in [-0.39, 0.29) is 11.6 Å². The third-order valence-electron chi connectivity index (χ3n) is 14.5. The van der Waals surface area contributed by atoms with Gasteiger partial charge in [-0.25, -0.2) is 8.78 Å². The number of hydrogen-bond donors (Lipinski definition) is 0. The van der Waals surface area contributed by atoms with Gasteiger partial charge in [0.1, 0.15) is 46.1 Å². The van der Waals surface area contributed by atoms with Crippen molar-refractivity contribution in [1.29, 1.82) is 0 Å². The normalized spacial score (nSPS) is 13.9. The molecule has 362 valence electrons. The van der Waals surface area contributed by atoms with Crippen molar-refractivity contribution in [3.05, 3.63) is 251 Å². The van der Waals surface area contributed by atoms with Crippen LogP contribution < -0.4 is 28.4 Å². The number of rotatable bonds is 11. The number of ether oxygens (including phenoxy) is 6. The lowest BCUT2D eigenvalue weighted by atomic mass is 9.82. The van der Waals surface area contributed by atoms with E-state index in [1.165, 1.54) is 12.1 Å². The van der Waals surface area contributed by atoms with Gasteiger partial charge in [-0.1, -0.05) is 121 Å². The molecule has 0 radical (unpaired) electrons. The van der Waals surface area contributed by atoms with Crippen molar-refractivity contribution in [2.45, 2.75) is 11.2 Å². The van der Waals surface area contributed by atoms with Crippen molar-refractivity contribution < 1.29 is 37.2 Å². The molecule has 0 saturated carbocycles. The molecule has 0 amide bonds. The van der Waals surface area contributed by atoms with Gasteiger partial charge in [0.25, 0.3) is 0 Å². The van der Waals surface area contributed by atoms with Gasteiger partial charge in [-0.2, -0.15) is 0 Å². The first-order valence-electron chi connectivity index (χ1n) is 24.3. The largest absolute Gasteiger partial charge is 0.497 e. The molecule has 6 nitrogen and oxygen atoms in total. The first-order chi connectivity index (χ1) is 36.2. The summed E-state index contributed by atoms with van der Waals surface area (Å²) in [5, 5.41) is 2.26. The maximum absolute atomic E-state index is 16.1. The SMILES string of the molecule is COc1ccc(C2(c3ccc(OC)cc3)C=Cc3c(-c4ccc(-c5ccc(-c6cc7cccc(F)c7c7c6C=CC(c6ccc(OC)cc6)(c6ccc(OC)cc6)O7)cc5)cc4)cc4cccc(F)c4c3O2)cc1. The highest BCUT2D eigenvalue weighted by Gasteiger charge is 2.41. The quantitative estimate of drug-likeness (QED) is 0.129. The van der Waals surface area contributed by atoms with Crippen molar-refractivity contribution in [1.82, 2.24) is 0 Å². The zero-order valence-electron chi connectivity index (χ0n) is 41.0. The van der Waals surface area contributed by atoms with Crippen molar-refractivity contribution in [3.63, 3.8) is 0 Å². The molecule has 0 saturated heterocycles. The third-order valence-corrected chi connectivity index (χ3v) is 14.5. The summed E-state index contributed by atoms with van der Waals surface area (Å²) in [5.74, 6) is 3.03. The van der Waals surface area contributed by atoms with Crippen LogP contribution in [0.1, 0.15) is 33.4 Å². The number of benzene rings is 10. The second-order valence-corrected chi connectivity index (χ2v) is 18.4. The van der Waals surface area contributed by atoms with Crippen LogP contribution in [-0.4, -0.2) is 28.4 Å². The molecule has 10 aromatic rings. The van der Waals surface area contributed by atoms with Gasteiger partial charge < -0.3 is 28.4 Å². The maximum Gasteiger partial charge on any atom is 0.178 e. The summed E-state index contributed by atoms with van der Waals surface area (Å²) < 4.78 is 68.7. The first-order valence-corrected chi connectivity index (χ1v) is 24.3. The topological polar surface area (TPSA) is 55.4 Å². The second-order valence-electron chi connectivity index (χ2n) is 18.4. The summed E-state index contributed by atoms with van der Waals surface area (Å²) in [6.07, 6.45) is 8.21. The zero-order valence-corrected chi connectivity index (χ0v) is 41.0. The summed E-state index contributed by atoms with van der Waals surface area (Å²) in [7, 11) is 6.54. The Morgan fingerprint density at radius 1 is 0.351 bits per heavy atom.